The minimum atomic E-state index is 0.0348. The van der Waals surface area contributed by atoms with Gasteiger partial charge in [0.2, 0.25) is 0 Å². The molecule has 0 fully saturated rings. The maximum absolute atomic E-state index is 6.24. The van der Waals surface area contributed by atoms with Gasteiger partial charge in [-0.05, 0) is 47.5 Å². The van der Waals surface area contributed by atoms with E-state index in [9.17, 15) is 0 Å². The number of aromatic nitrogens is 2. The maximum Gasteiger partial charge on any atom is 0.128 e. The third-order valence-electron chi connectivity index (χ3n) is 5.06. The topological polar surface area (TPSA) is 35.0 Å². The summed E-state index contributed by atoms with van der Waals surface area (Å²) in [5, 5.41) is 2.96. The van der Waals surface area contributed by atoms with E-state index >= 15 is 0 Å². The van der Waals surface area contributed by atoms with E-state index in [1.54, 1.807) is 11.3 Å². The van der Waals surface area contributed by atoms with E-state index in [1.807, 2.05) is 66.3 Å². The molecule has 5 aromatic rings. The summed E-state index contributed by atoms with van der Waals surface area (Å²) in [6.07, 6.45) is 3.66. The SMILES string of the molecule is c1ccc([C@@H](c2cccc(Oc3cccc(-c4nccs4)c3)c2)c2ccccn2)cc1. The first-order valence-corrected chi connectivity index (χ1v) is 11.0. The fourth-order valence-corrected chi connectivity index (χ4v) is 4.31. The van der Waals surface area contributed by atoms with Gasteiger partial charge in [0.1, 0.15) is 16.5 Å². The minimum Gasteiger partial charge on any atom is -0.457 e. The normalized spacial score (nSPS) is 11.7. The third kappa shape index (κ3) is 4.39. The minimum absolute atomic E-state index is 0.0348. The van der Waals surface area contributed by atoms with Crippen LogP contribution in [0.2, 0.25) is 0 Å². The van der Waals surface area contributed by atoms with Crippen LogP contribution in [0, 0.1) is 0 Å². The van der Waals surface area contributed by atoms with Gasteiger partial charge in [0.15, 0.2) is 0 Å². The van der Waals surface area contributed by atoms with Crippen molar-refractivity contribution in [3.63, 3.8) is 0 Å². The van der Waals surface area contributed by atoms with Gasteiger partial charge in [0, 0.05) is 23.3 Å². The van der Waals surface area contributed by atoms with E-state index in [1.165, 1.54) is 5.56 Å². The van der Waals surface area contributed by atoms with Crippen molar-refractivity contribution in [3.8, 4) is 22.1 Å². The highest BCUT2D eigenvalue weighted by atomic mass is 32.1. The van der Waals surface area contributed by atoms with E-state index in [0.717, 1.165) is 33.3 Å². The summed E-state index contributed by atoms with van der Waals surface area (Å²) < 4.78 is 6.24. The molecule has 2 aromatic heterocycles. The second-order valence-electron chi connectivity index (χ2n) is 7.14. The molecule has 3 nitrogen and oxygen atoms in total. The highest BCUT2D eigenvalue weighted by Crippen LogP contribution is 2.34. The van der Waals surface area contributed by atoms with Crippen LogP contribution in [0.4, 0.5) is 0 Å². The molecular formula is C27H20N2OS. The molecule has 0 radical (unpaired) electrons. The van der Waals surface area contributed by atoms with Crippen LogP contribution < -0.4 is 4.74 Å². The van der Waals surface area contributed by atoms with Gasteiger partial charge in [-0.1, -0.05) is 60.7 Å². The van der Waals surface area contributed by atoms with Crippen molar-refractivity contribution < 1.29 is 4.74 Å². The second-order valence-corrected chi connectivity index (χ2v) is 8.03. The number of ether oxygens (including phenoxy) is 1. The quantitative estimate of drug-likeness (QED) is 0.292. The van der Waals surface area contributed by atoms with Gasteiger partial charge in [0.25, 0.3) is 0 Å². The molecule has 0 N–H and O–H groups in total. The second kappa shape index (κ2) is 8.94. The Kier molecular flexibility index (Phi) is 5.54. The first kappa shape index (κ1) is 19.2. The van der Waals surface area contributed by atoms with Crippen molar-refractivity contribution in [1.82, 2.24) is 9.97 Å². The Morgan fingerprint density at radius 3 is 2.19 bits per heavy atom. The van der Waals surface area contributed by atoms with Crippen molar-refractivity contribution in [1.29, 1.82) is 0 Å². The van der Waals surface area contributed by atoms with E-state index in [0.29, 0.717) is 0 Å². The van der Waals surface area contributed by atoms with Crippen LogP contribution in [-0.2, 0) is 0 Å². The van der Waals surface area contributed by atoms with Crippen LogP contribution in [0.25, 0.3) is 10.6 Å². The van der Waals surface area contributed by atoms with Gasteiger partial charge in [-0.2, -0.15) is 0 Å². The Morgan fingerprint density at radius 2 is 1.42 bits per heavy atom. The molecule has 3 aromatic carbocycles. The Hall–Kier alpha value is -3.76. The van der Waals surface area contributed by atoms with Crippen molar-refractivity contribution >= 4 is 11.3 Å². The first-order chi connectivity index (χ1) is 15.4. The predicted molar refractivity (Wildman–Crippen MR) is 126 cm³/mol. The average Bonchev–Trinajstić information content (AvgIpc) is 3.37. The van der Waals surface area contributed by atoms with Gasteiger partial charge in [-0.25, -0.2) is 4.98 Å². The highest BCUT2D eigenvalue weighted by Gasteiger charge is 2.18. The molecule has 2 heterocycles. The lowest BCUT2D eigenvalue weighted by Crippen LogP contribution is -2.05. The van der Waals surface area contributed by atoms with Crippen LogP contribution >= 0.6 is 11.3 Å². The third-order valence-corrected chi connectivity index (χ3v) is 5.88. The number of hydrogen-bond acceptors (Lipinski definition) is 4. The molecule has 0 saturated heterocycles. The molecule has 0 aliphatic heterocycles. The molecule has 5 rings (SSSR count). The van der Waals surface area contributed by atoms with Crippen LogP contribution in [-0.4, -0.2) is 9.97 Å². The maximum atomic E-state index is 6.24. The van der Waals surface area contributed by atoms with E-state index in [-0.39, 0.29) is 5.92 Å². The zero-order valence-electron chi connectivity index (χ0n) is 16.8. The van der Waals surface area contributed by atoms with Crippen molar-refractivity contribution in [2.45, 2.75) is 5.92 Å². The van der Waals surface area contributed by atoms with E-state index in [4.69, 9.17) is 4.74 Å². The van der Waals surface area contributed by atoms with Gasteiger partial charge in [-0.15, -0.1) is 11.3 Å². The molecule has 4 heteroatoms. The molecule has 0 bridgehead atoms. The summed E-state index contributed by atoms with van der Waals surface area (Å²) in [5.41, 5.74) is 4.40. The lowest BCUT2D eigenvalue weighted by molar-refractivity contribution is 0.482. The Labute approximate surface area is 185 Å². The van der Waals surface area contributed by atoms with Crippen molar-refractivity contribution in [2.75, 3.05) is 0 Å². The number of thiazole rings is 1. The summed E-state index contributed by atoms with van der Waals surface area (Å²) in [5.74, 6) is 1.62. The largest absolute Gasteiger partial charge is 0.457 e. The molecule has 31 heavy (non-hydrogen) atoms. The van der Waals surface area contributed by atoms with Gasteiger partial charge in [-0.3, -0.25) is 4.98 Å². The molecule has 0 spiro atoms. The van der Waals surface area contributed by atoms with Gasteiger partial charge in [0.05, 0.1) is 11.6 Å². The Bertz CT molecular complexity index is 1220. The number of pyridine rings is 1. The van der Waals surface area contributed by atoms with Crippen LogP contribution in [0.5, 0.6) is 11.5 Å². The first-order valence-electron chi connectivity index (χ1n) is 10.1. The number of hydrogen-bond donors (Lipinski definition) is 0. The molecule has 0 amide bonds. The monoisotopic (exact) mass is 420 g/mol. The summed E-state index contributed by atoms with van der Waals surface area (Å²) in [7, 11) is 0. The lowest BCUT2D eigenvalue weighted by atomic mass is 9.88. The van der Waals surface area contributed by atoms with Crippen LogP contribution in [0.15, 0.2) is 115 Å². The van der Waals surface area contributed by atoms with Crippen molar-refractivity contribution in [3.05, 3.63) is 132 Å². The number of rotatable bonds is 6. The van der Waals surface area contributed by atoms with E-state index in [2.05, 4.69) is 58.5 Å². The molecule has 0 unspecified atom stereocenters. The van der Waals surface area contributed by atoms with E-state index < -0.39 is 0 Å². The number of nitrogens with zero attached hydrogens (tertiary/aromatic N) is 2. The molecule has 1 atom stereocenters. The molecular weight excluding hydrogens is 400 g/mol. The Morgan fingerprint density at radius 1 is 0.645 bits per heavy atom. The smallest absolute Gasteiger partial charge is 0.128 e. The molecule has 150 valence electrons. The summed E-state index contributed by atoms with van der Waals surface area (Å²) in [6.45, 7) is 0. The summed E-state index contributed by atoms with van der Waals surface area (Å²) in [6, 6.07) is 32.8. The Balaban J connectivity index is 1.48. The van der Waals surface area contributed by atoms with Gasteiger partial charge >= 0.3 is 0 Å². The summed E-state index contributed by atoms with van der Waals surface area (Å²) >= 11 is 1.62. The van der Waals surface area contributed by atoms with Gasteiger partial charge < -0.3 is 4.74 Å². The average molecular weight is 421 g/mol. The molecule has 0 saturated carbocycles. The van der Waals surface area contributed by atoms with Crippen molar-refractivity contribution in [2.24, 2.45) is 0 Å². The fourth-order valence-electron chi connectivity index (χ4n) is 3.68. The fraction of sp³-hybridized carbons (Fsp3) is 0.0370. The zero-order chi connectivity index (χ0) is 20.9. The predicted octanol–water partition coefficient (Wildman–Crippen LogP) is 7.18. The summed E-state index contributed by atoms with van der Waals surface area (Å²) in [4.78, 5) is 9.03. The zero-order valence-corrected chi connectivity index (χ0v) is 17.6. The highest BCUT2D eigenvalue weighted by molar-refractivity contribution is 7.13. The molecule has 0 aliphatic carbocycles. The lowest BCUT2D eigenvalue weighted by Gasteiger charge is -2.18. The van der Waals surface area contributed by atoms with Crippen LogP contribution in [0.1, 0.15) is 22.7 Å². The standard InChI is InChI=1S/C27H20N2OS/c1-2-8-20(9-3-1)26(25-14-4-5-15-28-25)21-10-6-12-23(18-21)30-24-13-7-11-22(19-24)27-29-16-17-31-27/h1-19,26H/t26-/m0/s1. The van der Waals surface area contributed by atoms with Crippen LogP contribution in [0.3, 0.4) is 0 Å². The molecule has 0 aliphatic rings. The number of benzene rings is 3.